The lowest BCUT2D eigenvalue weighted by molar-refractivity contribution is 0.0690. The van der Waals surface area contributed by atoms with E-state index in [1.807, 2.05) is 0 Å². The average Bonchev–Trinajstić information content (AvgIpc) is 2.38. The van der Waals surface area contributed by atoms with Crippen LogP contribution in [0.5, 0.6) is 5.75 Å². The number of aromatic carboxylic acids is 1. The van der Waals surface area contributed by atoms with Gasteiger partial charge in [0, 0.05) is 0 Å². The van der Waals surface area contributed by atoms with Crippen molar-refractivity contribution >= 4 is 5.97 Å². The van der Waals surface area contributed by atoms with E-state index in [9.17, 15) is 9.59 Å². The molecular weight excluding hydrogens is 236 g/mol. The summed E-state index contributed by atoms with van der Waals surface area (Å²) in [7, 11) is 1.29. The third-order valence-corrected chi connectivity index (χ3v) is 2.38. The molecule has 0 bridgehead atoms. The van der Waals surface area contributed by atoms with Crippen molar-refractivity contribution in [3.63, 3.8) is 0 Å². The highest BCUT2D eigenvalue weighted by Gasteiger charge is 2.19. The van der Waals surface area contributed by atoms with E-state index in [1.165, 1.54) is 13.3 Å². The Morgan fingerprint density at radius 2 is 2.00 bits per heavy atom. The van der Waals surface area contributed by atoms with E-state index in [-0.39, 0.29) is 5.75 Å². The van der Waals surface area contributed by atoms with Gasteiger partial charge in [-0.25, -0.2) is 4.79 Å². The third-order valence-electron chi connectivity index (χ3n) is 2.38. The van der Waals surface area contributed by atoms with Crippen LogP contribution in [0.1, 0.15) is 10.4 Å². The maximum atomic E-state index is 12.0. The minimum absolute atomic E-state index is 0.0559. The molecular formula is C12H10N2O4. The van der Waals surface area contributed by atoms with Gasteiger partial charge in [-0.2, -0.15) is 9.78 Å². The number of para-hydroxylation sites is 1. The second-order valence-electron chi connectivity index (χ2n) is 3.45. The Morgan fingerprint density at radius 1 is 1.33 bits per heavy atom. The number of carbonyl (C=O) groups is 1. The molecule has 1 aromatic heterocycles. The van der Waals surface area contributed by atoms with E-state index in [0.717, 1.165) is 4.68 Å². The van der Waals surface area contributed by atoms with Crippen molar-refractivity contribution in [3.8, 4) is 11.4 Å². The quantitative estimate of drug-likeness (QED) is 0.871. The fraction of sp³-hybridized carbons (Fsp3) is 0.0833. The van der Waals surface area contributed by atoms with Crippen LogP contribution < -0.4 is 10.3 Å². The zero-order chi connectivity index (χ0) is 13.1. The van der Waals surface area contributed by atoms with Crippen molar-refractivity contribution in [3.05, 3.63) is 52.4 Å². The predicted molar refractivity (Wildman–Crippen MR) is 63.3 cm³/mol. The van der Waals surface area contributed by atoms with Crippen LogP contribution >= 0.6 is 0 Å². The van der Waals surface area contributed by atoms with Crippen LogP contribution in [0.3, 0.4) is 0 Å². The summed E-state index contributed by atoms with van der Waals surface area (Å²) in [5.41, 5.74) is -0.669. The Hall–Kier alpha value is -2.63. The molecule has 2 aromatic rings. The molecule has 0 spiro atoms. The van der Waals surface area contributed by atoms with Gasteiger partial charge in [-0.05, 0) is 12.1 Å². The molecule has 6 heteroatoms. The Labute approximate surface area is 102 Å². The van der Waals surface area contributed by atoms with Gasteiger partial charge in [0.25, 0.3) is 5.56 Å². The molecule has 18 heavy (non-hydrogen) atoms. The first-order valence-corrected chi connectivity index (χ1v) is 5.10. The number of aromatic nitrogens is 2. The molecule has 1 heterocycles. The SMILES string of the molecule is COc1cnn(-c2ccccc2)c(=O)c1C(=O)O. The molecule has 0 aliphatic carbocycles. The van der Waals surface area contributed by atoms with E-state index in [0.29, 0.717) is 5.69 Å². The van der Waals surface area contributed by atoms with E-state index in [4.69, 9.17) is 9.84 Å². The lowest BCUT2D eigenvalue weighted by Crippen LogP contribution is -2.27. The highest BCUT2D eigenvalue weighted by atomic mass is 16.5. The van der Waals surface area contributed by atoms with Crippen LogP contribution in [0, 0.1) is 0 Å². The molecule has 0 saturated heterocycles. The van der Waals surface area contributed by atoms with Gasteiger partial charge in [0.05, 0.1) is 19.0 Å². The minimum Gasteiger partial charge on any atom is -0.494 e. The van der Waals surface area contributed by atoms with Crippen molar-refractivity contribution in [2.24, 2.45) is 0 Å². The van der Waals surface area contributed by atoms with E-state index < -0.39 is 17.1 Å². The molecule has 1 aromatic carbocycles. The van der Waals surface area contributed by atoms with Crippen molar-refractivity contribution in [2.45, 2.75) is 0 Å². The fourth-order valence-corrected chi connectivity index (χ4v) is 1.54. The monoisotopic (exact) mass is 246 g/mol. The van der Waals surface area contributed by atoms with Gasteiger partial charge in [-0.15, -0.1) is 0 Å². The van der Waals surface area contributed by atoms with Gasteiger partial charge in [0.1, 0.15) is 0 Å². The Balaban J connectivity index is 2.70. The minimum atomic E-state index is -1.34. The number of carboxylic acid groups (broad SMARTS) is 1. The van der Waals surface area contributed by atoms with Gasteiger partial charge in [-0.1, -0.05) is 18.2 Å². The smallest absolute Gasteiger partial charge is 0.345 e. The van der Waals surface area contributed by atoms with Crippen molar-refractivity contribution in [1.82, 2.24) is 9.78 Å². The first-order valence-electron chi connectivity index (χ1n) is 5.10. The zero-order valence-electron chi connectivity index (χ0n) is 9.53. The summed E-state index contributed by atoms with van der Waals surface area (Å²) in [6.45, 7) is 0. The van der Waals surface area contributed by atoms with E-state index >= 15 is 0 Å². The van der Waals surface area contributed by atoms with Crippen molar-refractivity contribution in [2.75, 3.05) is 7.11 Å². The summed E-state index contributed by atoms with van der Waals surface area (Å²) in [6.07, 6.45) is 1.21. The van der Waals surface area contributed by atoms with Crippen LogP contribution in [0.15, 0.2) is 41.3 Å². The first-order chi connectivity index (χ1) is 8.65. The van der Waals surface area contributed by atoms with Crippen LogP contribution in [-0.4, -0.2) is 28.0 Å². The molecule has 0 saturated carbocycles. The maximum Gasteiger partial charge on any atom is 0.345 e. The topological polar surface area (TPSA) is 81.4 Å². The summed E-state index contributed by atoms with van der Waals surface area (Å²) in [6, 6.07) is 8.57. The summed E-state index contributed by atoms with van der Waals surface area (Å²) in [5, 5.41) is 12.9. The number of rotatable bonds is 3. The number of benzene rings is 1. The van der Waals surface area contributed by atoms with Gasteiger partial charge in [-0.3, -0.25) is 4.79 Å². The highest BCUT2D eigenvalue weighted by Crippen LogP contribution is 2.13. The van der Waals surface area contributed by atoms with Crippen LogP contribution in [0.2, 0.25) is 0 Å². The van der Waals surface area contributed by atoms with Gasteiger partial charge in [0.15, 0.2) is 11.3 Å². The summed E-state index contributed by atoms with van der Waals surface area (Å²) in [5.74, 6) is -1.40. The van der Waals surface area contributed by atoms with Crippen molar-refractivity contribution in [1.29, 1.82) is 0 Å². The highest BCUT2D eigenvalue weighted by molar-refractivity contribution is 5.90. The predicted octanol–water partition coefficient (Wildman–Crippen LogP) is 0.939. The number of carboxylic acids is 1. The number of nitrogens with zero attached hydrogens (tertiary/aromatic N) is 2. The Kier molecular flexibility index (Phi) is 3.09. The fourth-order valence-electron chi connectivity index (χ4n) is 1.54. The second-order valence-corrected chi connectivity index (χ2v) is 3.45. The Morgan fingerprint density at radius 3 is 2.56 bits per heavy atom. The first kappa shape index (κ1) is 11.8. The normalized spacial score (nSPS) is 10.1. The lowest BCUT2D eigenvalue weighted by Gasteiger charge is -2.08. The molecule has 0 aliphatic rings. The molecule has 0 aliphatic heterocycles. The number of hydrogen-bond donors (Lipinski definition) is 1. The molecule has 0 unspecified atom stereocenters. The number of methoxy groups -OCH3 is 1. The lowest BCUT2D eigenvalue weighted by atomic mass is 10.2. The van der Waals surface area contributed by atoms with Crippen molar-refractivity contribution < 1.29 is 14.6 Å². The molecule has 0 radical (unpaired) electrons. The summed E-state index contributed by atoms with van der Waals surface area (Å²) in [4.78, 5) is 23.1. The van der Waals surface area contributed by atoms with Gasteiger partial charge in [0.2, 0.25) is 0 Å². The standard InChI is InChI=1S/C12H10N2O4/c1-18-9-7-13-14(8-5-3-2-4-6-8)11(15)10(9)12(16)17/h2-7H,1H3,(H,16,17). The zero-order valence-corrected chi connectivity index (χ0v) is 9.53. The summed E-state index contributed by atoms with van der Waals surface area (Å²) >= 11 is 0. The van der Waals surface area contributed by atoms with Crippen LogP contribution in [-0.2, 0) is 0 Å². The van der Waals surface area contributed by atoms with E-state index in [1.54, 1.807) is 30.3 Å². The second kappa shape index (κ2) is 4.70. The van der Waals surface area contributed by atoms with Crippen LogP contribution in [0.4, 0.5) is 0 Å². The molecule has 92 valence electrons. The molecule has 2 rings (SSSR count). The largest absolute Gasteiger partial charge is 0.494 e. The molecule has 0 amide bonds. The van der Waals surface area contributed by atoms with E-state index in [2.05, 4.69) is 5.10 Å². The number of ether oxygens (including phenoxy) is 1. The van der Waals surface area contributed by atoms with Gasteiger partial charge < -0.3 is 9.84 Å². The molecule has 0 fully saturated rings. The Bertz CT molecular complexity index is 634. The molecule has 0 atom stereocenters. The molecule has 1 N–H and O–H groups in total. The number of hydrogen-bond acceptors (Lipinski definition) is 4. The molecule has 6 nitrogen and oxygen atoms in total. The maximum absolute atomic E-state index is 12.0. The van der Waals surface area contributed by atoms with Gasteiger partial charge >= 0.3 is 5.97 Å². The van der Waals surface area contributed by atoms with Crippen LogP contribution in [0.25, 0.3) is 5.69 Å². The average molecular weight is 246 g/mol. The third kappa shape index (κ3) is 1.95. The summed E-state index contributed by atoms with van der Waals surface area (Å²) < 4.78 is 5.84.